The van der Waals surface area contributed by atoms with E-state index in [1.165, 1.54) is 0 Å². The highest BCUT2D eigenvalue weighted by atomic mass is 31.2. The number of rotatable bonds is 8. The second-order valence-electron chi connectivity index (χ2n) is 4.54. The lowest BCUT2D eigenvalue weighted by molar-refractivity contribution is 0.224. The lowest BCUT2D eigenvalue weighted by Gasteiger charge is -2.27. The molecule has 102 valence electrons. The molecule has 0 unspecified atom stereocenters. The van der Waals surface area contributed by atoms with Gasteiger partial charge < -0.3 is 13.8 Å². The van der Waals surface area contributed by atoms with Gasteiger partial charge in [0.1, 0.15) is 0 Å². The van der Waals surface area contributed by atoms with Crippen LogP contribution in [0.15, 0.2) is 11.2 Å². The minimum Gasteiger partial charge on any atom is -0.501 e. The van der Waals surface area contributed by atoms with Crippen molar-refractivity contribution in [2.24, 2.45) is 0 Å². The fourth-order valence-corrected chi connectivity index (χ4v) is 6.68. The average Bonchev–Trinajstić information content (AvgIpc) is 2.16. The Morgan fingerprint density at radius 2 is 1.53 bits per heavy atom. The molecule has 0 radical (unpaired) electrons. The third-order valence-electron chi connectivity index (χ3n) is 2.02. The maximum atomic E-state index is 12.7. The van der Waals surface area contributed by atoms with Crippen molar-refractivity contribution in [1.82, 2.24) is 0 Å². The highest BCUT2D eigenvalue weighted by Crippen LogP contribution is 2.58. The highest BCUT2D eigenvalue weighted by molar-refractivity contribution is 7.62. The maximum Gasteiger partial charge on any atom is 0.356 e. The molecule has 0 atom stereocenters. The van der Waals surface area contributed by atoms with E-state index in [1.807, 2.05) is 20.8 Å². The Labute approximate surface area is 106 Å². The summed E-state index contributed by atoms with van der Waals surface area (Å²) in [4.78, 5) is 0.718. The third kappa shape index (κ3) is 5.38. The zero-order chi connectivity index (χ0) is 13.5. The van der Waals surface area contributed by atoms with E-state index in [0.717, 1.165) is 4.94 Å². The fourth-order valence-electron chi connectivity index (χ4n) is 1.33. The maximum absolute atomic E-state index is 12.7. The highest BCUT2D eigenvalue weighted by Gasteiger charge is 2.39. The molecule has 6 heteroatoms. The quantitative estimate of drug-likeness (QED) is 0.383. The molecule has 0 aliphatic heterocycles. The van der Waals surface area contributed by atoms with E-state index in [-0.39, 0.29) is 0 Å². The van der Waals surface area contributed by atoms with Gasteiger partial charge in [-0.2, -0.15) is 0 Å². The van der Waals surface area contributed by atoms with Crippen molar-refractivity contribution >= 4 is 15.7 Å². The van der Waals surface area contributed by atoms with Gasteiger partial charge in [-0.25, -0.2) is 0 Å². The second-order valence-corrected chi connectivity index (χ2v) is 12.0. The van der Waals surface area contributed by atoms with Gasteiger partial charge in [0.2, 0.25) is 0 Å². The standard InChI is InChI=1S/C11H25O4PSi/c1-7-13-10-11(17(4,5)6)16(12,14-8-2)15-9-3/h10H,7-9H2,1-6H3/b11-10-. The molecule has 0 fully saturated rings. The van der Waals surface area contributed by atoms with Gasteiger partial charge >= 0.3 is 7.60 Å². The van der Waals surface area contributed by atoms with Crippen LogP contribution in [0.25, 0.3) is 0 Å². The molecule has 0 bridgehead atoms. The van der Waals surface area contributed by atoms with E-state index in [1.54, 1.807) is 6.26 Å². The van der Waals surface area contributed by atoms with E-state index in [4.69, 9.17) is 13.8 Å². The van der Waals surface area contributed by atoms with Crippen LogP contribution in [0.1, 0.15) is 20.8 Å². The normalized spacial score (nSPS) is 13.9. The summed E-state index contributed by atoms with van der Waals surface area (Å²) in [6.45, 7) is 13.1. The SMILES string of the molecule is CCO/C=C(\[Si](C)(C)C)P(=O)(OCC)OCC. The Morgan fingerprint density at radius 3 is 1.82 bits per heavy atom. The molecule has 0 saturated carbocycles. The molecule has 0 amide bonds. The third-order valence-corrected chi connectivity index (χ3v) is 8.40. The van der Waals surface area contributed by atoms with E-state index >= 15 is 0 Å². The molecule has 0 aromatic heterocycles. The van der Waals surface area contributed by atoms with Crippen LogP contribution in [0.2, 0.25) is 19.6 Å². The van der Waals surface area contributed by atoms with Gasteiger partial charge in [0.25, 0.3) is 0 Å². The van der Waals surface area contributed by atoms with Gasteiger partial charge in [-0.05, 0) is 20.8 Å². The summed E-state index contributed by atoms with van der Waals surface area (Å²) in [5.74, 6) is 0. The Balaban J connectivity index is 5.30. The van der Waals surface area contributed by atoms with E-state index in [0.29, 0.717) is 19.8 Å². The van der Waals surface area contributed by atoms with Crippen molar-refractivity contribution in [2.45, 2.75) is 40.4 Å². The van der Waals surface area contributed by atoms with Crippen molar-refractivity contribution in [2.75, 3.05) is 19.8 Å². The van der Waals surface area contributed by atoms with Crippen LogP contribution in [0.4, 0.5) is 0 Å². The van der Waals surface area contributed by atoms with Crippen LogP contribution in [0.3, 0.4) is 0 Å². The smallest absolute Gasteiger partial charge is 0.356 e. The molecule has 0 aliphatic carbocycles. The topological polar surface area (TPSA) is 44.8 Å². The lowest BCUT2D eigenvalue weighted by Crippen LogP contribution is -2.25. The minimum atomic E-state index is -3.18. The van der Waals surface area contributed by atoms with Gasteiger partial charge in [0.05, 0.1) is 39.1 Å². The Morgan fingerprint density at radius 1 is 1.06 bits per heavy atom. The predicted molar refractivity (Wildman–Crippen MR) is 73.9 cm³/mol. The van der Waals surface area contributed by atoms with E-state index in [2.05, 4.69) is 19.6 Å². The molecule has 4 nitrogen and oxygen atoms in total. The second kappa shape index (κ2) is 7.37. The molecule has 0 heterocycles. The first-order valence-corrected chi connectivity index (χ1v) is 11.1. The monoisotopic (exact) mass is 280 g/mol. The van der Waals surface area contributed by atoms with Crippen LogP contribution in [-0.2, 0) is 18.3 Å². The van der Waals surface area contributed by atoms with Crippen LogP contribution < -0.4 is 0 Å². The van der Waals surface area contributed by atoms with Gasteiger partial charge in [-0.1, -0.05) is 19.6 Å². The van der Waals surface area contributed by atoms with Crippen LogP contribution >= 0.6 is 7.60 Å². The summed E-state index contributed by atoms with van der Waals surface area (Å²) < 4.78 is 28.8. The van der Waals surface area contributed by atoms with Crippen molar-refractivity contribution in [1.29, 1.82) is 0 Å². The molecule has 0 N–H and O–H groups in total. The van der Waals surface area contributed by atoms with Gasteiger partial charge in [0.15, 0.2) is 0 Å². The minimum absolute atomic E-state index is 0.366. The molecule has 0 aromatic rings. The summed E-state index contributed by atoms with van der Waals surface area (Å²) in [5.41, 5.74) is 0. The van der Waals surface area contributed by atoms with Crippen LogP contribution in [0, 0.1) is 0 Å². The first-order valence-electron chi connectivity index (χ1n) is 6.03. The van der Waals surface area contributed by atoms with E-state index in [9.17, 15) is 4.57 Å². The Hall–Kier alpha value is -0.0931. The fraction of sp³-hybridized carbons (Fsp3) is 0.818. The first kappa shape index (κ1) is 16.9. The Bertz CT molecular complexity index is 286. The lowest BCUT2D eigenvalue weighted by atomic mass is 10.9. The summed E-state index contributed by atoms with van der Waals surface area (Å²) in [5, 5.41) is 0. The van der Waals surface area contributed by atoms with Crippen molar-refractivity contribution in [3.8, 4) is 0 Å². The number of hydrogen-bond donors (Lipinski definition) is 0. The molecule has 0 rings (SSSR count). The van der Waals surface area contributed by atoms with Crippen molar-refractivity contribution < 1.29 is 18.3 Å². The molecule has 0 saturated heterocycles. The van der Waals surface area contributed by atoms with Gasteiger partial charge in [-0.15, -0.1) is 0 Å². The summed E-state index contributed by atoms with van der Waals surface area (Å²) >= 11 is 0. The molecular weight excluding hydrogens is 255 g/mol. The molecular formula is C11H25O4PSi. The zero-order valence-corrected chi connectivity index (χ0v) is 13.7. The van der Waals surface area contributed by atoms with Crippen LogP contribution in [0.5, 0.6) is 0 Å². The largest absolute Gasteiger partial charge is 0.501 e. The first-order chi connectivity index (χ1) is 7.81. The average molecular weight is 280 g/mol. The molecule has 0 spiro atoms. The predicted octanol–water partition coefficient (Wildman–Crippen LogP) is 4.01. The molecule has 17 heavy (non-hydrogen) atoms. The summed E-state index contributed by atoms with van der Waals surface area (Å²) in [6.07, 6.45) is 1.58. The van der Waals surface area contributed by atoms with Crippen LogP contribution in [-0.4, -0.2) is 27.9 Å². The number of ether oxygens (including phenoxy) is 1. The summed E-state index contributed by atoms with van der Waals surface area (Å²) in [6, 6.07) is 0. The Kier molecular flexibility index (Phi) is 7.33. The van der Waals surface area contributed by atoms with Gasteiger partial charge in [0, 0.05) is 0 Å². The molecule has 0 aromatic carbocycles. The van der Waals surface area contributed by atoms with Crippen molar-refractivity contribution in [3.63, 3.8) is 0 Å². The molecule has 0 aliphatic rings. The van der Waals surface area contributed by atoms with Gasteiger partial charge in [-0.3, -0.25) is 4.57 Å². The van der Waals surface area contributed by atoms with Crippen molar-refractivity contribution in [3.05, 3.63) is 11.2 Å². The summed E-state index contributed by atoms with van der Waals surface area (Å²) in [7, 11) is -4.99. The van der Waals surface area contributed by atoms with E-state index < -0.39 is 15.7 Å². The number of hydrogen-bond acceptors (Lipinski definition) is 4. The zero-order valence-electron chi connectivity index (χ0n) is 11.8.